The molecule has 2 heteroatoms. The summed E-state index contributed by atoms with van der Waals surface area (Å²) in [6, 6.07) is 0. The van der Waals surface area contributed by atoms with Crippen LogP contribution in [0.4, 0.5) is 0 Å². The highest BCUT2D eigenvalue weighted by Crippen LogP contribution is 2.05. The van der Waals surface area contributed by atoms with E-state index in [0.717, 1.165) is 25.8 Å². The number of hydrogen-bond acceptors (Lipinski definition) is 2. The van der Waals surface area contributed by atoms with Gasteiger partial charge in [0.15, 0.2) is 0 Å². The summed E-state index contributed by atoms with van der Waals surface area (Å²) in [5.74, 6) is 0. The van der Waals surface area contributed by atoms with Crippen LogP contribution in [0.5, 0.6) is 0 Å². The zero-order chi connectivity index (χ0) is 12.2. The number of hydrogen-bond donors (Lipinski definition) is 1. The lowest BCUT2D eigenvalue weighted by atomic mass is 10.1. The van der Waals surface area contributed by atoms with Gasteiger partial charge in [0, 0.05) is 0 Å². The SMILES string of the molecule is CCCCN(CCCC)CCCC(O)CC. The van der Waals surface area contributed by atoms with Gasteiger partial charge in [-0.25, -0.2) is 0 Å². The Bertz CT molecular complexity index is 131. The number of aliphatic hydroxyl groups excluding tert-OH is 1. The first-order chi connectivity index (χ1) is 7.74. The van der Waals surface area contributed by atoms with E-state index in [2.05, 4.69) is 25.7 Å². The number of nitrogens with zero attached hydrogens (tertiary/aromatic N) is 1. The molecule has 98 valence electrons. The molecular formula is C14H31NO. The molecule has 0 amide bonds. The molecule has 1 unspecified atom stereocenters. The lowest BCUT2D eigenvalue weighted by Crippen LogP contribution is -2.27. The third-order valence-electron chi connectivity index (χ3n) is 3.14. The molecule has 0 heterocycles. The lowest BCUT2D eigenvalue weighted by Gasteiger charge is -2.22. The van der Waals surface area contributed by atoms with Gasteiger partial charge in [-0.1, -0.05) is 33.6 Å². The molecule has 0 radical (unpaired) electrons. The maximum Gasteiger partial charge on any atom is 0.0538 e. The van der Waals surface area contributed by atoms with Crippen LogP contribution in [-0.2, 0) is 0 Å². The second-order valence-electron chi connectivity index (χ2n) is 4.75. The molecule has 0 aliphatic carbocycles. The summed E-state index contributed by atoms with van der Waals surface area (Å²) in [5.41, 5.74) is 0. The maximum absolute atomic E-state index is 9.50. The Balaban J connectivity index is 3.63. The molecule has 0 saturated heterocycles. The average molecular weight is 229 g/mol. The highest BCUT2D eigenvalue weighted by molar-refractivity contribution is 4.60. The summed E-state index contributed by atoms with van der Waals surface area (Å²) < 4.78 is 0. The largest absolute Gasteiger partial charge is 0.393 e. The van der Waals surface area contributed by atoms with E-state index in [4.69, 9.17) is 0 Å². The molecule has 0 saturated carbocycles. The van der Waals surface area contributed by atoms with Crippen LogP contribution in [0.25, 0.3) is 0 Å². The predicted molar refractivity (Wildman–Crippen MR) is 71.8 cm³/mol. The van der Waals surface area contributed by atoms with Crippen LogP contribution in [0.2, 0.25) is 0 Å². The third kappa shape index (κ3) is 9.17. The van der Waals surface area contributed by atoms with E-state index < -0.39 is 0 Å². The van der Waals surface area contributed by atoms with Crippen molar-refractivity contribution < 1.29 is 5.11 Å². The van der Waals surface area contributed by atoms with Gasteiger partial charge in [0.25, 0.3) is 0 Å². The van der Waals surface area contributed by atoms with E-state index in [1.807, 2.05) is 0 Å². The van der Waals surface area contributed by atoms with E-state index in [-0.39, 0.29) is 6.10 Å². The lowest BCUT2D eigenvalue weighted by molar-refractivity contribution is 0.148. The van der Waals surface area contributed by atoms with Crippen molar-refractivity contribution in [3.05, 3.63) is 0 Å². The fourth-order valence-electron chi connectivity index (χ4n) is 1.85. The molecular weight excluding hydrogens is 198 g/mol. The third-order valence-corrected chi connectivity index (χ3v) is 3.14. The Kier molecular flexibility index (Phi) is 11.3. The average Bonchev–Trinajstić information content (AvgIpc) is 2.31. The molecule has 0 rings (SSSR count). The highest BCUT2D eigenvalue weighted by atomic mass is 16.3. The van der Waals surface area contributed by atoms with Gasteiger partial charge < -0.3 is 10.0 Å². The highest BCUT2D eigenvalue weighted by Gasteiger charge is 2.05. The molecule has 1 atom stereocenters. The standard InChI is InChI=1S/C14H31NO/c1-4-7-11-15(12-8-5-2)13-9-10-14(16)6-3/h14,16H,4-13H2,1-3H3. The van der Waals surface area contributed by atoms with Crippen LogP contribution >= 0.6 is 0 Å². The zero-order valence-corrected chi connectivity index (χ0v) is 11.5. The number of rotatable bonds is 11. The van der Waals surface area contributed by atoms with E-state index in [9.17, 15) is 5.11 Å². The van der Waals surface area contributed by atoms with Gasteiger partial charge in [-0.2, -0.15) is 0 Å². The van der Waals surface area contributed by atoms with Crippen LogP contribution in [0, 0.1) is 0 Å². The van der Waals surface area contributed by atoms with Crippen molar-refractivity contribution in [2.75, 3.05) is 19.6 Å². The van der Waals surface area contributed by atoms with Gasteiger partial charge in [0.2, 0.25) is 0 Å². The monoisotopic (exact) mass is 229 g/mol. The van der Waals surface area contributed by atoms with Crippen molar-refractivity contribution in [2.24, 2.45) is 0 Å². The second kappa shape index (κ2) is 11.4. The fraction of sp³-hybridized carbons (Fsp3) is 1.00. The minimum atomic E-state index is -0.0841. The molecule has 0 spiro atoms. The molecule has 1 N–H and O–H groups in total. The van der Waals surface area contributed by atoms with E-state index in [0.29, 0.717) is 0 Å². The summed E-state index contributed by atoms with van der Waals surface area (Å²) in [7, 11) is 0. The van der Waals surface area contributed by atoms with Crippen molar-refractivity contribution >= 4 is 0 Å². The van der Waals surface area contributed by atoms with Gasteiger partial charge in [-0.15, -0.1) is 0 Å². The Morgan fingerprint density at radius 1 is 0.875 bits per heavy atom. The molecule has 0 aromatic heterocycles. The van der Waals surface area contributed by atoms with Crippen LogP contribution in [0.3, 0.4) is 0 Å². The van der Waals surface area contributed by atoms with Gasteiger partial charge in [0.05, 0.1) is 6.10 Å². The van der Waals surface area contributed by atoms with Crippen molar-refractivity contribution in [1.82, 2.24) is 4.90 Å². The van der Waals surface area contributed by atoms with Gasteiger partial charge in [-0.3, -0.25) is 0 Å². The minimum absolute atomic E-state index is 0.0841. The predicted octanol–water partition coefficient (Wildman–Crippen LogP) is 3.44. The molecule has 0 fully saturated rings. The van der Waals surface area contributed by atoms with Crippen LogP contribution < -0.4 is 0 Å². The van der Waals surface area contributed by atoms with Crippen molar-refractivity contribution in [3.63, 3.8) is 0 Å². The summed E-state index contributed by atoms with van der Waals surface area (Å²) in [6.07, 6.45) is 8.08. The van der Waals surface area contributed by atoms with Crippen LogP contribution in [0.1, 0.15) is 65.7 Å². The zero-order valence-electron chi connectivity index (χ0n) is 11.5. The number of aliphatic hydroxyl groups is 1. The molecule has 0 aromatic rings. The Morgan fingerprint density at radius 2 is 1.38 bits per heavy atom. The topological polar surface area (TPSA) is 23.5 Å². The smallest absolute Gasteiger partial charge is 0.0538 e. The first kappa shape index (κ1) is 15.9. The Morgan fingerprint density at radius 3 is 1.81 bits per heavy atom. The summed E-state index contributed by atoms with van der Waals surface area (Å²) in [6.45, 7) is 10.2. The fourth-order valence-corrected chi connectivity index (χ4v) is 1.85. The van der Waals surface area contributed by atoms with Crippen molar-refractivity contribution in [1.29, 1.82) is 0 Å². The van der Waals surface area contributed by atoms with Gasteiger partial charge in [-0.05, 0) is 51.7 Å². The normalized spacial score (nSPS) is 13.3. The van der Waals surface area contributed by atoms with Crippen LogP contribution in [0.15, 0.2) is 0 Å². The van der Waals surface area contributed by atoms with E-state index in [1.165, 1.54) is 38.8 Å². The van der Waals surface area contributed by atoms with E-state index >= 15 is 0 Å². The molecule has 0 aliphatic heterocycles. The summed E-state index contributed by atoms with van der Waals surface area (Å²) >= 11 is 0. The summed E-state index contributed by atoms with van der Waals surface area (Å²) in [5, 5.41) is 9.50. The maximum atomic E-state index is 9.50. The first-order valence-electron chi connectivity index (χ1n) is 7.14. The van der Waals surface area contributed by atoms with Crippen LogP contribution in [-0.4, -0.2) is 35.7 Å². The summed E-state index contributed by atoms with van der Waals surface area (Å²) in [4.78, 5) is 2.56. The second-order valence-corrected chi connectivity index (χ2v) is 4.75. The Hall–Kier alpha value is -0.0800. The molecule has 0 bridgehead atoms. The van der Waals surface area contributed by atoms with Gasteiger partial charge >= 0.3 is 0 Å². The Labute approximate surface area is 102 Å². The molecule has 0 aliphatic rings. The molecule has 0 aromatic carbocycles. The van der Waals surface area contributed by atoms with Crippen molar-refractivity contribution in [3.8, 4) is 0 Å². The van der Waals surface area contributed by atoms with Gasteiger partial charge in [0.1, 0.15) is 0 Å². The molecule has 16 heavy (non-hydrogen) atoms. The minimum Gasteiger partial charge on any atom is -0.393 e. The molecule has 2 nitrogen and oxygen atoms in total. The first-order valence-corrected chi connectivity index (χ1v) is 7.14. The quantitative estimate of drug-likeness (QED) is 0.586. The van der Waals surface area contributed by atoms with Crippen molar-refractivity contribution in [2.45, 2.75) is 71.8 Å². The van der Waals surface area contributed by atoms with E-state index in [1.54, 1.807) is 0 Å². The number of unbranched alkanes of at least 4 members (excludes halogenated alkanes) is 2.